The molecule has 6 heteroatoms. The van der Waals surface area contributed by atoms with E-state index in [-0.39, 0.29) is 0 Å². The van der Waals surface area contributed by atoms with Gasteiger partial charge in [-0.05, 0) is 30.7 Å². The van der Waals surface area contributed by atoms with Crippen molar-refractivity contribution in [3.8, 4) is 5.69 Å². The number of alkyl halides is 1. The molecule has 0 aliphatic carbocycles. The first kappa shape index (κ1) is 14.6. The van der Waals surface area contributed by atoms with Gasteiger partial charge in [-0.3, -0.25) is 4.57 Å². The Kier molecular flexibility index (Phi) is 4.07. The van der Waals surface area contributed by atoms with Gasteiger partial charge in [-0.2, -0.15) is 0 Å². The molecule has 3 rings (SSSR count). The Balaban J connectivity index is 2.27. The fraction of sp³-hybridized carbons (Fsp3) is 0.200. The summed E-state index contributed by atoms with van der Waals surface area (Å²) in [5.74, 6) is 1.33. The molecule has 0 saturated carbocycles. The van der Waals surface area contributed by atoms with Crippen LogP contribution < -0.4 is 0 Å². The van der Waals surface area contributed by atoms with Gasteiger partial charge in [0.05, 0.1) is 10.7 Å². The van der Waals surface area contributed by atoms with Gasteiger partial charge in [-0.25, -0.2) is 9.97 Å². The molecule has 0 saturated heterocycles. The Hall–Kier alpha value is -1.29. The zero-order chi connectivity index (χ0) is 15.0. The van der Waals surface area contributed by atoms with E-state index < -0.39 is 0 Å². The van der Waals surface area contributed by atoms with Gasteiger partial charge in [0, 0.05) is 23.5 Å². The third-order valence-corrected chi connectivity index (χ3v) is 4.07. The smallest absolute Gasteiger partial charge is 0.164 e. The number of nitrogens with zero attached hydrogens (tertiary/aromatic N) is 3. The second-order valence-electron chi connectivity index (χ2n) is 4.73. The van der Waals surface area contributed by atoms with Gasteiger partial charge in [-0.1, -0.05) is 29.3 Å². The largest absolute Gasteiger partial charge is 0.281 e. The van der Waals surface area contributed by atoms with Crippen LogP contribution >= 0.6 is 34.8 Å². The quantitative estimate of drug-likeness (QED) is 0.640. The molecule has 2 heterocycles. The van der Waals surface area contributed by atoms with Crippen LogP contribution in [0.1, 0.15) is 11.4 Å². The predicted octanol–water partition coefficient (Wildman–Crippen LogP) is 4.82. The van der Waals surface area contributed by atoms with E-state index >= 15 is 0 Å². The van der Waals surface area contributed by atoms with Crippen molar-refractivity contribution < 1.29 is 0 Å². The number of aryl methyl sites for hydroxylation is 2. The van der Waals surface area contributed by atoms with Gasteiger partial charge in [-0.15, -0.1) is 11.6 Å². The molecule has 0 N–H and O–H groups in total. The third kappa shape index (κ3) is 2.73. The second-order valence-corrected chi connectivity index (χ2v) is 5.95. The molecule has 108 valence electrons. The van der Waals surface area contributed by atoms with E-state index in [0.717, 1.165) is 28.2 Å². The minimum absolute atomic E-state index is 0.483. The highest BCUT2D eigenvalue weighted by Gasteiger charge is 2.14. The van der Waals surface area contributed by atoms with E-state index in [1.54, 1.807) is 12.3 Å². The maximum absolute atomic E-state index is 6.24. The molecule has 21 heavy (non-hydrogen) atoms. The lowest BCUT2D eigenvalue weighted by atomic mass is 10.2. The Labute approximate surface area is 137 Å². The molecule has 0 aliphatic rings. The van der Waals surface area contributed by atoms with Crippen LogP contribution in [0.3, 0.4) is 0 Å². The van der Waals surface area contributed by atoms with Gasteiger partial charge in [0.25, 0.3) is 0 Å². The minimum Gasteiger partial charge on any atom is -0.281 e. The molecule has 2 aromatic heterocycles. The number of hydrogen-bond donors (Lipinski definition) is 0. The van der Waals surface area contributed by atoms with Gasteiger partial charge >= 0.3 is 0 Å². The van der Waals surface area contributed by atoms with Crippen LogP contribution in [0.2, 0.25) is 10.0 Å². The lowest BCUT2D eigenvalue weighted by Gasteiger charge is -2.09. The van der Waals surface area contributed by atoms with E-state index in [9.17, 15) is 0 Å². The molecule has 3 nitrogen and oxygen atoms in total. The SMILES string of the molecule is Cc1ccc(-n2c(CCCl)nc3cc(Cl)cnc32)cc1Cl. The first-order valence-corrected chi connectivity index (χ1v) is 7.74. The molecule has 0 atom stereocenters. The van der Waals surface area contributed by atoms with Crippen molar-refractivity contribution in [3.05, 3.63) is 51.9 Å². The van der Waals surface area contributed by atoms with Gasteiger partial charge < -0.3 is 0 Å². The average Bonchev–Trinajstić information content (AvgIpc) is 2.79. The highest BCUT2D eigenvalue weighted by molar-refractivity contribution is 6.31. The number of rotatable bonds is 3. The van der Waals surface area contributed by atoms with Gasteiger partial charge in [0.15, 0.2) is 5.65 Å². The Morgan fingerprint density at radius 2 is 2.00 bits per heavy atom. The Morgan fingerprint density at radius 3 is 2.71 bits per heavy atom. The first-order chi connectivity index (χ1) is 10.1. The highest BCUT2D eigenvalue weighted by atomic mass is 35.5. The lowest BCUT2D eigenvalue weighted by molar-refractivity contribution is 0.905. The summed E-state index contributed by atoms with van der Waals surface area (Å²) >= 11 is 18.1. The molecule has 1 aromatic carbocycles. The van der Waals surface area contributed by atoms with Crippen LogP contribution in [0.25, 0.3) is 16.9 Å². The summed E-state index contributed by atoms with van der Waals surface area (Å²) in [6, 6.07) is 7.68. The molecule has 0 spiro atoms. The molecular formula is C15H12Cl3N3. The number of imidazole rings is 1. The summed E-state index contributed by atoms with van der Waals surface area (Å²) in [7, 11) is 0. The predicted molar refractivity (Wildman–Crippen MR) is 88.0 cm³/mol. The molecule has 0 bridgehead atoms. The van der Waals surface area contributed by atoms with E-state index in [4.69, 9.17) is 34.8 Å². The number of pyridine rings is 1. The molecule has 0 radical (unpaired) electrons. The molecule has 0 unspecified atom stereocenters. The Morgan fingerprint density at radius 1 is 1.19 bits per heavy atom. The molecule has 3 aromatic rings. The van der Waals surface area contributed by atoms with E-state index in [2.05, 4.69) is 9.97 Å². The summed E-state index contributed by atoms with van der Waals surface area (Å²) in [4.78, 5) is 8.97. The monoisotopic (exact) mass is 339 g/mol. The van der Waals surface area contributed by atoms with Gasteiger partial charge in [0.1, 0.15) is 11.3 Å². The van der Waals surface area contributed by atoms with Crippen molar-refractivity contribution in [1.82, 2.24) is 14.5 Å². The van der Waals surface area contributed by atoms with Crippen molar-refractivity contribution in [2.75, 3.05) is 5.88 Å². The van der Waals surface area contributed by atoms with Crippen LogP contribution in [0.5, 0.6) is 0 Å². The van der Waals surface area contributed by atoms with Crippen LogP contribution in [0.15, 0.2) is 30.5 Å². The number of benzene rings is 1. The molecule has 0 fully saturated rings. The average molecular weight is 341 g/mol. The maximum Gasteiger partial charge on any atom is 0.164 e. The maximum atomic E-state index is 6.24. The summed E-state index contributed by atoms with van der Waals surface area (Å²) in [6.07, 6.45) is 2.25. The summed E-state index contributed by atoms with van der Waals surface area (Å²) in [5.41, 5.74) is 3.45. The van der Waals surface area contributed by atoms with Crippen LogP contribution in [0.4, 0.5) is 0 Å². The van der Waals surface area contributed by atoms with Crippen molar-refractivity contribution in [3.63, 3.8) is 0 Å². The highest BCUT2D eigenvalue weighted by Crippen LogP contribution is 2.26. The van der Waals surface area contributed by atoms with E-state index in [1.165, 1.54) is 0 Å². The van der Waals surface area contributed by atoms with Crippen LogP contribution in [0, 0.1) is 6.92 Å². The third-order valence-electron chi connectivity index (χ3n) is 3.27. The van der Waals surface area contributed by atoms with Crippen molar-refractivity contribution in [2.45, 2.75) is 13.3 Å². The van der Waals surface area contributed by atoms with E-state index in [1.807, 2.05) is 29.7 Å². The topological polar surface area (TPSA) is 30.7 Å². The van der Waals surface area contributed by atoms with Gasteiger partial charge in [0.2, 0.25) is 0 Å². The van der Waals surface area contributed by atoms with Crippen molar-refractivity contribution >= 4 is 46.0 Å². The van der Waals surface area contributed by atoms with Crippen LogP contribution in [-0.2, 0) is 6.42 Å². The molecule has 0 aliphatic heterocycles. The fourth-order valence-electron chi connectivity index (χ4n) is 2.23. The standard InChI is InChI=1S/C15H12Cl3N3/c1-9-2-3-11(7-12(9)18)21-14(4-5-16)20-13-6-10(17)8-19-15(13)21/h2-3,6-8H,4-5H2,1H3. The number of hydrogen-bond acceptors (Lipinski definition) is 2. The van der Waals surface area contributed by atoms with Crippen LogP contribution in [-0.4, -0.2) is 20.4 Å². The normalized spacial score (nSPS) is 11.2. The van der Waals surface area contributed by atoms with Crippen molar-refractivity contribution in [1.29, 1.82) is 0 Å². The summed E-state index contributed by atoms with van der Waals surface area (Å²) in [6.45, 7) is 1.97. The summed E-state index contributed by atoms with van der Waals surface area (Å²) < 4.78 is 1.97. The zero-order valence-electron chi connectivity index (χ0n) is 11.3. The lowest BCUT2D eigenvalue weighted by Crippen LogP contribution is -2.03. The van der Waals surface area contributed by atoms with E-state index in [0.29, 0.717) is 22.3 Å². The second kappa shape index (κ2) is 5.84. The molecule has 0 amide bonds. The zero-order valence-corrected chi connectivity index (χ0v) is 13.5. The van der Waals surface area contributed by atoms with Crippen molar-refractivity contribution in [2.24, 2.45) is 0 Å². The fourth-order valence-corrected chi connectivity index (χ4v) is 2.73. The Bertz CT molecular complexity index is 811. The number of halogens is 3. The molecular weight excluding hydrogens is 329 g/mol. The first-order valence-electron chi connectivity index (χ1n) is 6.45. The number of aromatic nitrogens is 3. The number of fused-ring (bicyclic) bond motifs is 1. The summed E-state index contributed by atoms with van der Waals surface area (Å²) in [5, 5.41) is 1.27. The minimum atomic E-state index is 0.483.